The predicted molar refractivity (Wildman–Crippen MR) is 63.6 cm³/mol. The van der Waals surface area contributed by atoms with Crippen molar-refractivity contribution in [1.29, 1.82) is 0 Å². The Balaban J connectivity index is 4.46. The summed E-state index contributed by atoms with van der Waals surface area (Å²) < 4.78 is 4.63. The van der Waals surface area contributed by atoms with Gasteiger partial charge in [0.2, 0.25) is 0 Å². The third kappa shape index (κ3) is 5.10. The van der Waals surface area contributed by atoms with Crippen LogP contribution in [0.1, 0.15) is 20.3 Å². The van der Waals surface area contributed by atoms with Crippen molar-refractivity contribution in [1.82, 2.24) is 0 Å². The van der Waals surface area contributed by atoms with Crippen molar-refractivity contribution < 1.29 is 14.3 Å². The van der Waals surface area contributed by atoms with Gasteiger partial charge in [0.05, 0.1) is 0 Å². The van der Waals surface area contributed by atoms with Crippen LogP contribution in [-0.4, -0.2) is 11.9 Å². The van der Waals surface area contributed by atoms with E-state index >= 15 is 0 Å². The topological polar surface area (TPSA) is 43.4 Å². The number of carbonyl (C=O) groups excluding carboxylic acids is 2. The van der Waals surface area contributed by atoms with Crippen LogP contribution >= 0.6 is 0 Å². The van der Waals surface area contributed by atoms with Gasteiger partial charge in [-0.05, 0) is 20.3 Å². The minimum Gasteiger partial charge on any atom is -0.386 e. The molecule has 0 fully saturated rings. The average Bonchev–Trinajstić information content (AvgIpc) is 2.25. The van der Waals surface area contributed by atoms with E-state index in [1.165, 1.54) is 12.2 Å². The molecule has 0 aliphatic heterocycles. The van der Waals surface area contributed by atoms with Crippen LogP contribution in [0.3, 0.4) is 0 Å². The number of esters is 2. The average molecular weight is 220 g/mol. The Morgan fingerprint density at radius 2 is 1.69 bits per heavy atom. The van der Waals surface area contributed by atoms with Gasteiger partial charge in [-0.15, -0.1) is 6.58 Å². The summed E-state index contributed by atoms with van der Waals surface area (Å²) in [4.78, 5) is 22.7. The number of hydrogen-bond acceptors (Lipinski definition) is 3. The molecule has 0 aliphatic rings. The largest absolute Gasteiger partial charge is 0.386 e. The fraction of sp³-hybridized carbons (Fsp3) is 0.231. The van der Waals surface area contributed by atoms with Crippen LogP contribution in [0.15, 0.2) is 48.6 Å². The van der Waals surface area contributed by atoms with Gasteiger partial charge < -0.3 is 4.74 Å². The molecule has 0 radical (unpaired) electrons. The summed E-state index contributed by atoms with van der Waals surface area (Å²) in [5.74, 6) is -1.29. The fourth-order valence-electron chi connectivity index (χ4n) is 0.833. The van der Waals surface area contributed by atoms with E-state index in [2.05, 4.69) is 17.9 Å². The number of rotatable bonds is 5. The minimum atomic E-state index is -0.656. The summed E-state index contributed by atoms with van der Waals surface area (Å²) >= 11 is 0. The van der Waals surface area contributed by atoms with E-state index in [4.69, 9.17) is 0 Å². The van der Waals surface area contributed by atoms with E-state index in [1.807, 2.05) is 0 Å². The standard InChI is InChI=1S/C13H16O3/c1-5-7-9-11(4)13(15)16-12(14)10(3)8-6-2/h5-6,8-9H,1-2,7H2,3-4H3. The minimum absolute atomic E-state index is 0.333. The van der Waals surface area contributed by atoms with Gasteiger partial charge in [0.25, 0.3) is 0 Å². The predicted octanol–water partition coefficient (Wildman–Crippen LogP) is 2.71. The maximum Gasteiger partial charge on any atom is 0.341 e. The molecule has 0 heterocycles. The second kappa shape index (κ2) is 7.40. The highest BCUT2D eigenvalue weighted by Crippen LogP contribution is 2.03. The van der Waals surface area contributed by atoms with E-state index in [0.29, 0.717) is 17.6 Å². The third-order valence-corrected chi connectivity index (χ3v) is 1.79. The molecule has 0 aromatic rings. The highest BCUT2D eigenvalue weighted by atomic mass is 16.6. The monoisotopic (exact) mass is 220 g/mol. The first-order valence-electron chi connectivity index (χ1n) is 4.86. The lowest BCUT2D eigenvalue weighted by molar-refractivity contribution is -0.153. The van der Waals surface area contributed by atoms with Gasteiger partial charge in [-0.25, -0.2) is 9.59 Å². The van der Waals surface area contributed by atoms with Crippen molar-refractivity contribution in [2.45, 2.75) is 20.3 Å². The first kappa shape index (κ1) is 14.1. The molecule has 3 nitrogen and oxygen atoms in total. The van der Waals surface area contributed by atoms with Crippen LogP contribution in [0.25, 0.3) is 0 Å². The number of ether oxygens (including phenoxy) is 1. The van der Waals surface area contributed by atoms with Crippen LogP contribution in [0.4, 0.5) is 0 Å². The molecule has 0 aromatic heterocycles. The number of hydrogen-bond donors (Lipinski definition) is 0. The molecule has 16 heavy (non-hydrogen) atoms. The maximum absolute atomic E-state index is 11.4. The van der Waals surface area contributed by atoms with Crippen molar-refractivity contribution in [3.63, 3.8) is 0 Å². The molecule has 0 atom stereocenters. The lowest BCUT2D eigenvalue weighted by Gasteiger charge is -2.02. The van der Waals surface area contributed by atoms with Crippen molar-refractivity contribution in [2.24, 2.45) is 0 Å². The van der Waals surface area contributed by atoms with Gasteiger partial charge in [0.15, 0.2) is 0 Å². The molecule has 0 spiro atoms. The van der Waals surface area contributed by atoms with Crippen LogP contribution in [0.5, 0.6) is 0 Å². The van der Waals surface area contributed by atoms with Gasteiger partial charge in [0.1, 0.15) is 0 Å². The highest BCUT2D eigenvalue weighted by molar-refractivity contribution is 6.01. The van der Waals surface area contributed by atoms with Gasteiger partial charge >= 0.3 is 11.9 Å². The summed E-state index contributed by atoms with van der Waals surface area (Å²) in [7, 11) is 0. The zero-order valence-corrected chi connectivity index (χ0v) is 9.66. The van der Waals surface area contributed by atoms with Crippen molar-refractivity contribution in [3.8, 4) is 0 Å². The normalized spacial score (nSPS) is 11.9. The summed E-state index contributed by atoms with van der Waals surface area (Å²) in [6, 6.07) is 0. The molecular formula is C13H16O3. The first-order valence-corrected chi connectivity index (χ1v) is 4.86. The number of carbonyl (C=O) groups is 2. The fourth-order valence-corrected chi connectivity index (χ4v) is 0.833. The van der Waals surface area contributed by atoms with Crippen LogP contribution in [-0.2, 0) is 14.3 Å². The van der Waals surface area contributed by atoms with E-state index in [0.717, 1.165) is 0 Å². The van der Waals surface area contributed by atoms with Crippen molar-refractivity contribution in [2.75, 3.05) is 0 Å². The van der Waals surface area contributed by atoms with Crippen molar-refractivity contribution in [3.05, 3.63) is 48.6 Å². The first-order chi connectivity index (χ1) is 7.52. The van der Waals surface area contributed by atoms with E-state index in [9.17, 15) is 9.59 Å². The maximum atomic E-state index is 11.4. The summed E-state index contributed by atoms with van der Waals surface area (Å²) in [5.41, 5.74) is 0.722. The van der Waals surface area contributed by atoms with E-state index < -0.39 is 11.9 Å². The van der Waals surface area contributed by atoms with Crippen LogP contribution in [0, 0.1) is 0 Å². The SMILES string of the molecule is C=CC=C(C)C(=O)OC(=O)C(C)=CCC=C. The Hall–Kier alpha value is -1.90. The molecule has 3 heteroatoms. The van der Waals surface area contributed by atoms with Gasteiger partial charge in [0, 0.05) is 11.1 Å². The second-order valence-corrected chi connectivity index (χ2v) is 3.17. The molecule has 0 rings (SSSR count). The summed E-state index contributed by atoms with van der Waals surface area (Å²) in [6.45, 7) is 10.1. The second-order valence-electron chi connectivity index (χ2n) is 3.17. The molecule has 0 aromatic carbocycles. The Labute approximate surface area is 95.8 Å². The molecule has 0 unspecified atom stereocenters. The Morgan fingerprint density at radius 1 is 1.12 bits per heavy atom. The highest BCUT2D eigenvalue weighted by Gasteiger charge is 2.12. The Kier molecular flexibility index (Phi) is 6.52. The zero-order chi connectivity index (χ0) is 12.6. The molecule has 0 bridgehead atoms. The molecular weight excluding hydrogens is 204 g/mol. The Bertz CT molecular complexity index is 359. The summed E-state index contributed by atoms with van der Waals surface area (Å²) in [5, 5.41) is 0. The molecule has 0 N–H and O–H groups in total. The lowest BCUT2D eigenvalue weighted by Crippen LogP contribution is -2.13. The molecule has 86 valence electrons. The number of allylic oxidation sites excluding steroid dienone is 4. The molecule has 0 saturated heterocycles. The van der Waals surface area contributed by atoms with Crippen LogP contribution in [0.2, 0.25) is 0 Å². The van der Waals surface area contributed by atoms with Crippen LogP contribution < -0.4 is 0 Å². The van der Waals surface area contributed by atoms with Crippen molar-refractivity contribution >= 4 is 11.9 Å². The summed E-state index contributed by atoms with van der Waals surface area (Å²) in [6.07, 6.45) is 6.81. The van der Waals surface area contributed by atoms with Gasteiger partial charge in [-0.3, -0.25) is 0 Å². The smallest absolute Gasteiger partial charge is 0.341 e. The zero-order valence-electron chi connectivity index (χ0n) is 9.66. The molecule has 0 amide bonds. The van der Waals surface area contributed by atoms with Gasteiger partial charge in [-0.1, -0.05) is 30.9 Å². The lowest BCUT2D eigenvalue weighted by atomic mass is 10.2. The molecule has 0 aliphatic carbocycles. The quantitative estimate of drug-likeness (QED) is 0.235. The Morgan fingerprint density at radius 3 is 2.19 bits per heavy atom. The third-order valence-electron chi connectivity index (χ3n) is 1.79. The van der Waals surface area contributed by atoms with E-state index in [1.54, 1.807) is 26.0 Å². The van der Waals surface area contributed by atoms with Gasteiger partial charge in [-0.2, -0.15) is 0 Å². The van der Waals surface area contributed by atoms with E-state index in [-0.39, 0.29) is 0 Å². The molecule has 0 saturated carbocycles.